The average molecular weight is 479 g/mol. The minimum Gasteiger partial charge on any atom is -0.469 e. The summed E-state index contributed by atoms with van der Waals surface area (Å²) in [6.07, 6.45) is 5.11. The van der Waals surface area contributed by atoms with Crippen LogP contribution in [0.5, 0.6) is 0 Å². The number of guanidine groups is 1. The highest BCUT2D eigenvalue weighted by Crippen LogP contribution is 2.05. The maximum Gasteiger partial charge on any atom is 0.191 e. The third kappa shape index (κ3) is 9.08. The molecule has 138 valence electrons. The Morgan fingerprint density at radius 3 is 2.68 bits per heavy atom. The molecule has 0 aliphatic rings. The molecule has 0 fully saturated rings. The Bertz CT molecular complexity index is 606. The highest BCUT2D eigenvalue weighted by atomic mass is 127. The van der Waals surface area contributed by atoms with Crippen LogP contribution in [0.2, 0.25) is 5.15 Å². The molecule has 0 unspecified atom stereocenters. The van der Waals surface area contributed by atoms with Gasteiger partial charge in [0.2, 0.25) is 0 Å². The van der Waals surface area contributed by atoms with Gasteiger partial charge in [0, 0.05) is 32.8 Å². The number of rotatable bonds is 9. The molecule has 0 bridgehead atoms. The van der Waals surface area contributed by atoms with Gasteiger partial charge in [0.15, 0.2) is 5.96 Å². The van der Waals surface area contributed by atoms with Gasteiger partial charge < -0.3 is 19.8 Å². The van der Waals surface area contributed by atoms with E-state index in [4.69, 9.17) is 20.8 Å². The fourth-order valence-electron chi connectivity index (χ4n) is 2.06. The third-order valence-corrected chi connectivity index (χ3v) is 3.53. The summed E-state index contributed by atoms with van der Waals surface area (Å²) in [5.41, 5.74) is 1.12. The lowest BCUT2D eigenvalue weighted by Crippen LogP contribution is -2.39. The number of nitrogens with zero attached hydrogens (tertiary/aromatic N) is 2. The molecule has 2 heterocycles. The molecule has 0 saturated carbocycles. The molecule has 0 spiro atoms. The first-order valence-electron chi connectivity index (χ1n) is 7.92. The molecule has 0 aromatic carbocycles. The molecule has 8 heteroatoms. The number of aliphatic imine (C=N–C) groups is 1. The van der Waals surface area contributed by atoms with Crippen LogP contribution in [0.3, 0.4) is 0 Å². The number of methoxy groups -OCH3 is 1. The second kappa shape index (κ2) is 13.0. The van der Waals surface area contributed by atoms with Gasteiger partial charge in [-0.3, -0.25) is 4.99 Å². The van der Waals surface area contributed by atoms with E-state index < -0.39 is 0 Å². The van der Waals surface area contributed by atoms with Crippen LogP contribution in [0.15, 0.2) is 46.1 Å². The number of furan rings is 1. The summed E-state index contributed by atoms with van der Waals surface area (Å²) in [5, 5.41) is 7.12. The molecule has 2 aromatic rings. The molecule has 25 heavy (non-hydrogen) atoms. The van der Waals surface area contributed by atoms with E-state index in [0.29, 0.717) is 18.3 Å². The Labute approximate surface area is 170 Å². The fraction of sp³-hybridized carbons (Fsp3) is 0.412. The van der Waals surface area contributed by atoms with Crippen molar-refractivity contribution in [2.45, 2.75) is 12.8 Å². The van der Waals surface area contributed by atoms with Gasteiger partial charge in [0.1, 0.15) is 10.9 Å². The van der Waals surface area contributed by atoms with Crippen molar-refractivity contribution in [1.82, 2.24) is 15.6 Å². The van der Waals surface area contributed by atoms with E-state index in [9.17, 15) is 0 Å². The summed E-state index contributed by atoms with van der Waals surface area (Å²) in [4.78, 5) is 8.56. The summed E-state index contributed by atoms with van der Waals surface area (Å²) in [6, 6.07) is 7.63. The Balaban J connectivity index is 0.00000312. The number of nitrogens with one attached hydrogen (secondary N) is 2. The van der Waals surface area contributed by atoms with Crippen LogP contribution < -0.4 is 10.6 Å². The van der Waals surface area contributed by atoms with Gasteiger partial charge in [0.25, 0.3) is 0 Å². The van der Waals surface area contributed by atoms with Crippen LogP contribution in [0.4, 0.5) is 0 Å². The Hall–Kier alpha value is -1.32. The van der Waals surface area contributed by atoms with Gasteiger partial charge in [-0.1, -0.05) is 17.7 Å². The van der Waals surface area contributed by atoms with Crippen molar-refractivity contribution in [2.24, 2.45) is 4.99 Å². The topological polar surface area (TPSA) is 71.7 Å². The van der Waals surface area contributed by atoms with Gasteiger partial charge in [-0.05, 0) is 30.2 Å². The Morgan fingerprint density at radius 1 is 1.24 bits per heavy atom. The lowest BCUT2D eigenvalue weighted by atomic mass is 10.2. The highest BCUT2D eigenvalue weighted by Gasteiger charge is 2.01. The van der Waals surface area contributed by atoms with Crippen LogP contribution in [-0.2, 0) is 17.6 Å². The second-order valence-electron chi connectivity index (χ2n) is 5.15. The quantitative estimate of drug-likeness (QED) is 0.191. The maximum absolute atomic E-state index is 5.79. The molecule has 0 saturated heterocycles. The monoisotopic (exact) mass is 478 g/mol. The van der Waals surface area contributed by atoms with Crippen molar-refractivity contribution in [2.75, 3.05) is 33.4 Å². The summed E-state index contributed by atoms with van der Waals surface area (Å²) < 4.78 is 10.4. The van der Waals surface area contributed by atoms with Crippen molar-refractivity contribution >= 4 is 41.5 Å². The zero-order chi connectivity index (χ0) is 17.0. The van der Waals surface area contributed by atoms with E-state index in [2.05, 4.69) is 20.6 Å². The summed E-state index contributed by atoms with van der Waals surface area (Å²) in [6.45, 7) is 2.69. The largest absolute Gasteiger partial charge is 0.469 e. The van der Waals surface area contributed by atoms with E-state index in [-0.39, 0.29) is 24.0 Å². The minimum atomic E-state index is 0. The van der Waals surface area contributed by atoms with E-state index in [1.807, 2.05) is 18.2 Å². The number of hydrogen-bond acceptors (Lipinski definition) is 4. The molecule has 0 amide bonds. The molecule has 2 rings (SSSR count). The van der Waals surface area contributed by atoms with Crippen LogP contribution in [0, 0.1) is 0 Å². The first kappa shape index (κ1) is 21.7. The first-order valence-corrected chi connectivity index (χ1v) is 8.29. The van der Waals surface area contributed by atoms with Crippen LogP contribution in [0.25, 0.3) is 0 Å². The Morgan fingerprint density at radius 2 is 2.04 bits per heavy atom. The molecule has 6 nitrogen and oxygen atoms in total. The van der Waals surface area contributed by atoms with Crippen molar-refractivity contribution in [3.8, 4) is 0 Å². The molecule has 0 radical (unpaired) electrons. The van der Waals surface area contributed by atoms with E-state index in [0.717, 1.165) is 43.2 Å². The van der Waals surface area contributed by atoms with Crippen molar-refractivity contribution in [1.29, 1.82) is 0 Å². The van der Waals surface area contributed by atoms with Gasteiger partial charge in [0.05, 0.1) is 19.4 Å². The van der Waals surface area contributed by atoms with E-state index in [1.165, 1.54) is 0 Å². The predicted molar refractivity (Wildman–Crippen MR) is 111 cm³/mol. The lowest BCUT2D eigenvalue weighted by molar-refractivity contribution is 0.208. The molecule has 0 aliphatic carbocycles. The zero-order valence-corrected chi connectivity index (χ0v) is 17.3. The number of hydrogen-bond donors (Lipinski definition) is 2. The van der Waals surface area contributed by atoms with E-state index >= 15 is 0 Å². The third-order valence-electron chi connectivity index (χ3n) is 3.30. The van der Waals surface area contributed by atoms with Gasteiger partial charge >= 0.3 is 0 Å². The first-order chi connectivity index (χ1) is 11.8. The molecule has 0 aliphatic heterocycles. The number of aromatic nitrogens is 1. The average Bonchev–Trinajstić information content (AvgIpc) is 3.10. The molecule has 2 aromatic heterocycles. The summed E-state index contributed by atoms with van der Waals surface area (Å²) >= 11 is 5.79. The maximum atomic E-state index is 5.79. The summed E-state index contributed by atoms with van der Waals surface area (Å²) in [5.74, 6) is 1.71. The number of pyridine rings is 1. The van der Waals surface area contributed by atoms with Gasteiger partial charge in [-0.15, -0.1) is 24.0 Å². The lowest BCUT2D eigenvalue weighted by Gasteiger charge is -2.12. The van der Waals surface area contributed by atoms with Crippen LogP contribution in [0.1, 0.15) is 11.3 Å². The van der Waals surface area contributed by atoms with E-state index in [1.54, 1.807) is 25.6 Å². The molecule has 2 N–H and O–H groups in total. The van der Waals surface area contributed by atoms with Crippen molar-refractivity contribution in [3.05, 3.63) is 53.2 Å². The van der Waals surface area contributed by atoms with Crippen LogP contribution >= 0.6 is 35.6 Å². The Kier molecular flexibility index (Phi) is 11.3. The molecular weight excluding hydrogens is 455 g/mol. The van der Waals surface area contributed by atoms with Gasteiger partial charge in [-0.2, -0.15) is 0 Å². The normalized spacial score (nSPS) is 11.0. The van der Waals surface area contributed by atoms with Crippen molar-refractivity contribution < 1.29 is 9.15 Å². The zero-order valence-electron chi connectivity index (χ0n) is 14.2. The minimum absolute atomic E-state index is 0. The SMILES string of the molecule is COCCN=C(NCCc1ccc(Cl)nc1)NCCc1ccco1.I. The predicted octanol–water partition coefficient (Wildman–Crippen LogP) is 2.91. The highest BCUT2D eigenvalue weighted by molar-refractivity contribution is 14.0. The standard InChI is InChI=1S/C17H23ClN4O2.HI/c1-23-12-10-21-17(20-9-7-15-3-2-11-24-15)19-8-6-14-4-5-16(18)22-13-14;/h2-5,11,13H,6-10,12H2,1H3,(H2,19,20,21);1H. The molecular formula is C17H24ClIN4O2. The second-order valence-corrected chi connectivity index (χ2v) is 5.53. The molecule has 0 atom stereocenters. The van der Waals surface area contributed by atoms with Crippen molar-refractivity contribution in [3.63, 3.8) is 0 Å². The summed E-state index contributed by atoms with van der Waals surface area (Å²) in [7, 11) is 1.67. The van der Waals surface area contributed by atoms with Crippen LogP contribution in [-0.4, -0.2) is 44.3 Å². The number of ether oxygens (including phenoxy) is 1. The van der Waals surface area contributed by atoms with Gasteiger partial charge in [-0.25, -0.2) is 4.98 Å². The fourth-order valence-corrected chi connectivity index (χ4v) is 2.17. The smallest absolute Gasteiger partial charge is 0.191 e. The number of halogens is 2.